The standard InChI is InChI=1S/C14H17N5O3/c20-12(16-10-5-1-3-7-15-13(10)21)9-19-14(22)18-8-4-2-6-11(18)17-19/h2,4,6,8,10H,1,3,5,7,9H2,(H,15,21)(H,16,20). The van der Waals surface area contributed by atoms with E-state index in [1.165, 1.54) is 4.40 Å². The van der Waals surface area contributed by atoms with E-state index in [4.69, 9.17) is 0 Å². The molecule has 1 fully saturated rings. The normalized spacial score (nSPS) is 18.7. The van der Waals surface area contributed by atoms with Gasteiger partial charge < -0.3 is 10.6 Å². The molecule has 1 unspecified atom stereocenters. The molecule has 0 aromatic carbocycles. The minimum Gasteiger partial charge on any atom is -0.354 e. The van der Waals surface area contributed by atoms with Crippen molar-refractivity contribution >= 4 is 17.5 Å². The second kappa shape index (κ2) is 6.00. The lowest BCUT2D eigenvalue weighted by molar-refractivity contribution is -0.129. The molecule has 22 heavy (non-hydrogen) atoms. The number of amides is 2. The van der Waals surface area contributed by atoms with Gasteiger partial charge >= 0.3 is 5.69 Å². The zero-order valence-electron chi connectivity index (χ0n) is 12.0. The number of fused-ring (bicyclic) bond motifs is 1. The summed E-state index contributed by atoms with van der Waals surface area (Å²) >= 11 is 0. The van der Waals surface area contributed by atoms with Crippen LogP contribution >= 0.6 is 0 Å². The molecule has 0 saturated carbocycles. The Hall–Kier alpha value is -2.64. The predicted molar refractivity (Wildman–Crippen MR) is 78.2 cm³/mol. The van der Waals surface area contributed by atoms with Crippen LogP contribution in [0, 0.1) is 0 Å². The van der Waals surface area contributed by atoms with Gasteiger partial charge in [0, 0.05) is 12.7 Å². The Balaban J connectivity index is 1.71. The number of hydrogen-bond acceptors (Lipinski definition) is 4. The third-order valence-electron chi connectivity index (χ3n) is 3.65. The van der Waals surface area contributed by atoms with Crippen LogP contribution in [0.1, 0.15) is 19.3 Å². The molecular weight excluding hydrogens is 286 g/mol. The van der Waals surface area contributed by atoms with Gasteiger partial charge in [-0.25, -0.2) is 9.48 Å². The molecule has 0 spiro atoms. The first-order valence-corrected chi connectivity index (χ1v) is 7.26. The Bertz CT molecular complexity index is 763. The maximum absolute atomic E-state index is 12.1. The first kappa shape index (κ1) is 14.3. The highest BCUT2D eigenvalue weighted by molar-refractivity contribution is 5.87. The summed E-state index contributed by atoms with van der Waals surface area (Å²) in [6, 6.07) is 4.63. The van der Waals surface area contributed by atoms with E-state index in [0.717, 1.165) is 17.5 Å². The highest BCUT2D eigenvalue weighted by Crippen LogP contribution is 2.05. The van der Waals surface area contributed by atoms with Crippen molar-refractivity contribution in [1.29, 1.82) is 0 Å². The first-order chi connectivity index (χ1) is 10.6. The van der Waals surface area contributed by atoms with E-state index in [1.807, 2.05) is 0 Å². The third kappa shape index (κ3) is 2.85. The van der Waals surface area contributed by atoms with E-state index < -0.39 is 11.9 Å². The number of hydrogen-bond donors (Lipinski definition) is 2. The molecule has 2 N–H and O–H groups in total. The van der Waals surface area contributed by atoms with E-state index >= 15 is 0 Å². The van der Waals surface area contributed by atoms with Crippen LogP contribution in [0.15, 0.2) is 29.2 Å². The van der Waals surface area contributed by atoms with Crippen molar-refractivity contribution < 1.29 is 9.59 Å². The summed E-state index contributed by atoms with van der Waals surface area (Å²) in [5.41, 5.74) is 0.101. The second-order valence-electron chi connectivity index (χ2n) is 5.28. The van der Waals surface area contributed by atoms with Crippen molar-refractivity contribution in [2.24, 2.45) is 0 Å². The van der Waals surface area contributed by atoms with Gasteiger partial charge in [-0.1, -0.05) is 6.07 Å². The van der Waals surface area contributed by atoms with Gasteiger partial charge in [-0.15, -0.1) is 5.10 Å². The minimum absolute atomic E-state index is 0.173. The molecule has 2 amide bonds. The fourth-order valence-corrected chi connectivity index (χ4v) is 2.52. The monoisotopic (exact) mass is 303 g/mol. The fourth-order valence-electron chi connectivity index (χ4n) is 2.52. The summed E-state index contributed by atoms with van der Waals surface area (Å²) in [6.45, 7) is 0.432. The first-order valence-electron chi connectivity index (χ1n) is 7.26. The molecule has 8 heteroatoms. The van der Waals surface area contributed by atoms with Crippen LogP contribution < -0.4 is 16.3 Å². The van der Waals surface area contributed by atoms with Crippen LogP contribution in [0.2, 0.25) is 0 Å². The maximum atomic E-state index is 12.1. The van der Waals surface area contributed by atoms with E-state index in [0.29, 0.717) is 18.6 Å². The largest absolute Gasteiger partial charge is 0.354 e. The van der Waals surface area contributed by atoms with Gasteiger partial charge in [0.2, 0.25) is 11.8 Å². The lowest BCUT2D eigenvalue weighted by Gasteiger charge is -2.14. The van der Waals surface area contributed by atoms with Crippen LogP contribution in [0.5, 0.6) is 0 Å². The van der Waals surface area contributed by atoms with Crippen molar-refractivity contribution in [1.82, 2.24) is 24.8 Å². The molecule has 1 atom stereocenters. The maximum Gasteiger partial charge on any atom is 0.350 e. The third-order valence-corrected chi connectivity index (χ3v) is 3.65. The molecular formula is C14H17N5O3. The zero-order valence-corrected chi connectivity index (χ0v) is 12.0. The van der Waals surface area contributed by atoms with Crippen molar-refractivity contribution in [2.75, 3.05) is 6.54 Å². The van der Waals surface area contributed by atoms with Gasteiger partial charge in [-0.05, 0) is 31.4 Å². The van der Waals surface area contributed by atoms with Crippen LogP contribution in [0.4, 0.5) is 0 Å². The van der Waals surface area contributed by atoms with Crippen molar-refractivity contribution in [3.63, 3.8) is 0 Å². The number of pyridine rings is 1. The molecule has 1 aliphatic rings. The van der Waals surface area contributed by atoms with E-state index in [-0.39, 0.29) is 18.1 Å². The Morgan fingerprint density at radius 1 is 1.36 bits per heavy atom. The van der Waals surface area contributed by atoms with E-state index in [1.54, 1.807) is 24.4 Å². The summed E-state index contributed by atoms with van der Waals surface area (Å²) in [5, 5.41) is 9.51. The summed E-state index contributed by atoms with van der Waals surface area (Å²) in [6.07, 6.45) is 3.98. The molecule has 3 rings (SSSR count). The molecule has 116 valence electrons. The number of carbonyl (C=O) groups is 2. The Morgan fingerprint density at radius 3 is 3.05 bits per heavy atom. The van der Waals surface area contributed by atoms with Crippen molar-refractivity contribution in [3.8, 4) is 0 Å². The fraction of sp³-hybridized carbons (Fsp3) is 0.429. The number of rotatable bonds is 3. The van der Waals surface area contributed by atoms with Crippen LogP contribution in [-0.4, -0.2) is 38.6 Å². The van der Waals surface area contributed by atoms with Crippen molar-refractivity contribution in [2.45, 2.75) is 31.8 Å². The lowest BCUT2D eigenvalue weighted by Crippen LogP contribution is -2.47. The molecule has 2 aromatic heterocycles. The molecule has 0 radical (unpaired) electrons. The topological polar surface area (TPSA) is 97.5 Å². The molecule has 1 saturated heterocycles. The molecule has 2 aromatic rings. The summed E-state index contributed by atoms with van der Waals surface area (Å²) in [5.74, 6) is -0.569. The van der Waals surface area contributed by atoms with E-state index in [9.17, 15) is 14.4 Å². The molecule has 0 aliphatic carbocycles. The predicted octanol–water partition coefficient (Wildman–Crippen LogP) is -0.719. The van der Waals surface area contributed by atoms with Gasteiger partial charge in [0.15, 0.2) is 5.65 Å². The van der Waals surface area contributed by atoms with Crippen LogP contribution in [0.25, 0.3) is 5.65 Å². The van der Waals surface area contributed by atoms with Crippen LogP contribution in [-0.2, 0) is 16.1 Å². The molecule has 3 heterocycles. The van der Waals surface area contributed by atoms with E-state index in [2.05, 4.69) is 15.7 Å². The second-order valence-corrected chi connectivity index (χ2v) is 5.28. The number of carbonyl (C=O) groups excluding carboxylic acids is 2. The van der Waals surface area contributed by atoms with Gasteiger partial charge in [0.1, 0.15) is 12.6 Å². The molecule has 8 nitrogen and oxygen atoms in total. The van der Waals surface area contributed by atoms with Gasteiger partial charge in [0.25, 0.3) is 0 Å². The summed E-state index contributed by atoms with van der Waals surface area (Å²) < 4.78 is 2.46. The number of nitrogens with one attached hydrogen (secondary N) is 2. The highest BCUT2D eigenvalue weighted by atomic mass is 16.2. The number of nitrogens with zero attached hydrogens (tertiary/aromatic N) is 3. The molecule has 0 bridgehead atoms. The Morgan fingerprint density at radius 2 is 2.23 bits per heavy atom. The smallest absolute Gasteiger partial charge is 0.350 e. The van der Waals surface area contributed by atoms with Crippen molar-refractivity contribution in [3.05, 3.63) is 34.9 Å². The van der Waals surface area contributed by atoms with Gasteiger partial charge in [-0.2, -0.15) is 0 Å². The summed E-state index contributed by atoms with van der Waals surface area (Å²) in [4.78, 5) is 35.9. The Labute approximate surface area is 126 Å². The lowest BCUT2D eigenvalue weighted by atomic mass is 10.1. The molecule has 1 aliphatic heterocycles. The van der Waals surface area contributed by atoms with Gasteiger partial charge in [-0.3, -0.25) is 14.0 Å². The average molecular weight is 303 g/mol. The quantitative estimate of drug-likeness (QED) is 0.782. The van der Waals surface area contributed by atoms with Gasteiger partial charge in [0.05, 0.1) is 0 Å². The van der Waals surface area contributed by atoms with Crippen LogP contribution in [0.3, 0.4) is 0 Å². The average Bonchev–Trinajstić information content (AvgIpc) is 2.67. The Kier molecular flexibility index (Phi) is 3.90. The highest BCUT2D eigenvalue weighted by Gasteiger charge is 2.22. The zero-order chi connectivity index (χ0) is 15.5. The minimum atomic E-state index is -0.539. The SMILES string of the molecule is O=C(Cn1nc2ccccn2c1=O)NC1CCCCNC1=O. The summed E-state index contributed by atoms with van der Waals surface area (Å²) in [7, 11) is 0. The number of aromatic nitrogens is 3.